The Kier molecular flexibility index (Phi) is 3.08. The van der Waals surface area contributed by atoms with Crippen LogP contribution < -0.4 is 5.32 Å². The van der Waals surface area contributed by atoms with E-state index < -0.39 is 0 Å². The first-order chi connectivity index (χ1) is 7.29. The van der Waals surface area contributed by atoms with Crippen LogP contribution in [0.25, 0.3) is 11.1 Å². The molecule has 5 heteroatoms. The minimum absolute atomic E-state index is 0.152. The Morgan fingerprint density at radius 2 is 2.33 bits per heavy atom. The highest BCUT2D eigenvalue weighted by Gasteiger charge is 2.04. The number of fused-ring (bicyclic) bond motifs is 1. The van der Waals surface area contributed by atoms with E-state index in [1.54, 1.807) is 18.2 Å². The van der Waals surface area contributed by atoms with Crippen LogP contribution in [0, 0.1) is 0 Å². The summed E-state index contributed by atoms with van der Waals surface area (Å²) >= 11 is 5.82. The van der Waals surface area contributed by atoms with Gasteiger partial charge in [0.2, 0.25) is 0 Å². The van der Waals surface area contributed by atoms with E-state index in [9.17, 15) is 0 Å². The lowest BCUT2D eigenvalue weighted by Gasteiger charge is -1.96. The number of anilines is 1. The second kappa shape index (κ2) is 4.51. The van der Waals surface area contributed by atoms with E-state index >= 15 is 0 Å². The van der Waals surface area contributed by atoms with E-state index in [2.05, 4.69) is 10.3 Å². The van der Waals surface area contributed by atoms with E-state index in [1.807, 2.05) is 0 Å². The molecule has 80 valence electrons. The molecule has 1 aromatic carbocycles. The molecule has 1 aromatic heterocycles. The minimum Gasteiger partial charge on any atom is -0.424 e. The quantitative estimate of drug-likeness (QED) is 0.786. The molecule has 2 N–H and O–H groups in total. The van der Waals surface area contributed by atoms with Crippen LogP contribution in [0.1, 0.15) is 6.42 Å². The number of aromatic nitrogens is 1. The minimum atomic E-state index is 0.152. The van der Waals surface area contributed by atoms with Gasteiger partial charge in [0, 0.05) is 18.2 Å². The molecular formula is C10H11ClN2O2. The van der Waals surface area contributed by atoms with E-state index in [0.717, 1.165) is 5.52 Å². The monoisotopic (exact) mass is 226 g/mol. The Labute approximate surface area is 91.9 Å². The fourth-order valence-corrected chi connectivity index (χ4v) is 1.42. The molecule has 0 fully saturated rings. The van der Waals surface area contributed by atoms with Gasteiger partial charge in [-0.25, -0.2) is 0 Å². The summed E-state index contributed by atoms with van der Waals surface area (Å²) in [5.41, 5.74) is 1.43. The number of halogens is 1. The van der Waals surface area contributed by atoms with Gasteiger partial charge < -0.3 is 14.8 Å². The third-order valence-corrected chi connectivity index (χ3v) is 2.20. The van der Waals surface area contributed by atoms with Crippen LogP contribution in [-0.4, -0.2) is 23.2 Å². The molecule has 0 amide bonds. The molecule has 0 aliphatic carbocycles. The average Bonchev–Trinajstić information content (AvgIpc) is 2.60. The topological polar surface area (TPSA) is 58.3 Å². The molecule has 0 atom stereocenters. The number of hydrogen-bond acceptors (Lipinski definition) is 4. The Morgan fingerprint density at radius 3 is 3.13 bits per heavy atom. The lowest BCUT2D eigenvalue weighted by molar-refractivity contribution is 0.292. The van der Waals surface area contributed by atoms with Crippen molar-refractivity contribution in [3.63, 3.8) is 0 Å². The van der Waals surface area contributed by atoms with Crippen LogP contribution in [0.2, 0.25) is 5.02 Å². The van der Waals surface area contributed by atoms with Crippen molar-refractivity contribution in [1.29, 1.82) is 0 Å². The number of rotatable bonds is 4. The summed E-state index contributed by atoms with van der Waals surface area (Å²) in [5.74, 6) is 0. The molecular weight excluding hydrogens is 216 g/mol. The zero-order valence-electron chi connectivity index (χ0n) is 8.03. The Morgan fingerprint density at radius 1 is 1.47 bits per heavy atom. The highest BCUT2D eigenvalue weighted by Crippen LogP contribution is 2.21. The summed E-state index contributed by atoms with van der Waals surface area (Å²) in [6.07, 6.45) is 0.666. The zero-order chi connectivity index (χ0) is 10.7. The lowest BCUT2D eigenvalue weighted by atomic mass is 10.3. The molecule has 0 saturated heterocycles. The predicted molar refractivity (Wildman–Crippen MR) is 59.2 cm³/mol. The number of oxazole rings is 1. The van der Waals surface area contributed by atoms with Crippen molar-refractivity contribution in [2.24, 2.45) is 0 Å². The van der Waals surface area contributed by atoms with Crippen LogP contribution in [0.4, 0.5) is 6.01 Å². The van der Waals surface area contributed by atoms with Gasteiger partial charge >= 0.3 is 0 Å². The molecule has 0 aliphatic rings. The summed E-state index contributed by atoms with van der Waals surface area (Å²) in [6, 6.07) is 5.74. The molecule has 0 saturated carbocycles. The van der Waals surface area contributed by atoms with E-state index in [0.29, 0.717) is 29.6 Å². The molecule has 2 aromatic rings. The predicted octanol–water partition coefficient (Wildman–Crippen LogP) is 2.28. The van der Waals surface area contributed by atoms with Crippen molar-refractivity contribution in [1.82, 2.24) is 4.98 Å². The summed E-state index contributed by atoms with van der Waals surface area (Å²) in [6.45, 7) is 0.788. The number of benzene rings is 1. The fraction of sp³-hybridized carbons (Fsp3) is 0.300. The van der Waals surface area contributed by atoms with E-state index in [4.69, 9.17) is 21.1 Å². The van der Waals surface area contributed by atoms with Crippen molar-refractivity contribution in [3.8, 4) is 0 Å². The van der Waals surface area contributed by atoms with Crippen LogP contribution >= 0.6 is 11.6 Å². The highest BCUT2D eigenvalue weighted by atomic mass is 35.5. The lowest BCUT2D eigenvalue weighted by Crippen LogP contribution is -2.03. The Hall–Kier alpha value is -1.26. The smallest absolute Gasteiger partial charge is 0.295 e. The van der Waals surface area contributed by atoms with Gasteiger partial charge in [0.1, 0.15) is 5.52 Å². The van der Waals surface area contributed by atoms with Gasteiger partial charge in [-0.15, -0.1) is 0 Å². The second-order valence-corrected chi connectivity index (χ2v) is 3.57. The maximum Gasteiger partial charge on any atom is 0.295 e. The van der Waals surface area contributed by atoms with E-state index in [1.165, 1.54) is 0 Å². The van der Waals surface area contributed by atoms with E-state index in [-0.39, 0.29) is 6.61 Å². The summed E-state index contributed by atoms with van der Waals surface area (Å²) in [4.78, 5) is 4.20. The van der Waals surface area contributed by atoms with Crippen LogP contribution in [0.3, 0.4) is 0 Å². The first kappa shape index (κ1) is 10.3. The number of nitrogens with zero attached hydrogens (tertiary/aromatic N) is 1. The van der Waals surface area contributed by atoms with Crippen LogP contribution in [-0.2, 0) is 0 Å². The van der Waals surface area contributed by atoms with Gasteiger partial charge in [0.05, 0.1) is 0 Å². The van der Waals surface area contributed by atoms with Crippen LogP contribution in [0.5, 0.6) is 0 Å². The summed E-state index contributed by atoms with van der Waals surface area (Å²) in [7, 11) is 0. The Balaban J connectivity index is 2.16. The van der Waals surface area contributed by atoms with Gasteiger partial charge in [-0.3, -0.25) is 0 Å². The molecule has 0 spiro atoms. The molecule has 0 bridgehead atoms. The van der Waals surface area contributed by atoms with Crippen molar-refractivity contribution in [2.75, 3.05) is 18.5 Å². The van der Waals surface area contributed by atoms with Gasteiger partial charge in [0.15, 0.2) is 5.58 Å². The second-order valence-electron chi connectivity index (χ2n) is 3.14. The molecule has 2 rings (SSSR count). The normalized spacial score (nSPS) is 10.8. The largest absolute Gasteiger partial charge is 0.424 e. The molecule has 1 heterocycles. The van der Waals surface area contributed by atoms with Gasteiger partial charge in [-0.1, -0.05) is 11.6 Å². The summed E-state index contributed by atoms with van der Waals surface area (Å²) < 4.78 is 5.41. The number of nitrogens with one attached hydrogen (secondary N) is 1. The molecule has 0 aliphatic heterocycles. The standard InChI is InChI=1S/C10H11ClN2O2/c11-7-2-3-9-8(6-7)13-10(15-9)12-4-1-5-14/h2-3,6,14H,1,4-5H2,(H,12,13). The molecule has 4 nitrogen and oxygen atoms in total. The number of hydrogen-bond donors (Lipinski definition) is 2. The highest BCUT2D eigenvalue weighted by molar-refractivity contribution is 6.31. The van der Waals surface area contributed by atoms with Crippen molar-refractivity contribution in [2.45, 2.75) is 6.42 Å². The first-order valence-corrected chi connectivity index (χ1v) is 5.08. The SMILES string of the molecule is OCCCNc1nc2cc(Cl)ccc2o1. The van der Waals surface area contributed by atoms with Crippen LogP contribution in [0.15, 0.2) is 22.6 Å². The maximum atomic E-state index is 8.61. The van der Waals surface area contributed by atoms with Crippen molar-refractivity contribution < 1.29 is 9.52 Å². The third-order valence-electron chi connectivity index (χ3n) is 1.96. The van der Waals surface area contributed by atoms with Gasteiger partial charge in [0.25, 0.3) is 6.01 Å². The van der Waals surface area contributed by atoms with Gasteiger partial charge in [-0.05, 0) is 24.6 Å². The summed E-state index contributed by atoms with van der Waals surface area (Å²) in [5, 5.41) is 12.2. The van der Waals surface area contributed by atoms with Crippen molar-refractivity contribution in [3.05, 3.63) is 23.2 Å². The average molecular weight is 227 g/mol. The zero-order valence-corrected chi connectivity index (χ0v) is 8.79. The first-order valence-electron chi connectivity index (χ1n) is 4.70. The number of aliphatic hydroxyl groups excluding tert-OH is 1. The maximum absolute atomic E-state index is 8.61. The Bertz CT molecular complexity index is 456. The molecule has 0 unspecified atom stereocenters. The molecule has 0 radical (unpaired) electrons. The van der Waals surface area contributed by atoms with Crippen molar-refractivity contribution >= 4 is 28.7 Å². The third kappa shape index (κ3) is 2.40. The fourth-order valence-electron chi connectivity index (χ4n) is 1.25. The number of aliphatic hydroxyl groups is 1. The molecule has 15 heavy (non-hydrogen) atoms. The van der Waals surface area contributed by atoms with Gasteiger partial charge in [-0.2, -0.15) is 4.98 Å².